The van der Waals surface area contributed by atoms with Gasteiger partial charge in [0.15, 0.2) is 0 Å². The molecule has 0 bridgehead atoms. The van der Waals surface area contributed by atoms with Crippen LogP contribution in [0.15, 0.2) is 4.99 Å². The monoisotopic (exact) mass is 167 g/mol. The largest absolute Gasteiger partial charge is 0.429 e. The fraction of sp³-hybridized carbons (Fsp3) is 0.667. The number of rotatable bonds is 2. The number of ketones is 1. The molecule has 0 unspecified atom stereocenters. The molecule has 0 atom stereocenters. The van der Waals surface area contributed by atoms with Crippen LogP contribution in [0.4, 0.5) is 13.2 Å². The van der Waals surface area contributed by atoms with Crippen molar-refractivity contribution >= 4 is 11.5 Å². The first-order chi connectivity index (χ1) is 4.88. The van der Waals surface area contributed by atoms with E-state index in [-0.39, 0.29) is 0 Å². The van der Waals surface area contributed by atoms with Crippen molar-refractivity contribution in [3.05, 3.63) is 0 Å². The summed E-state index contributed by atoms with van der Waals surface area (Å²) in [5.74, 6) is -0.539. The third kappa shape index (κ3) is 3.75. The van der Waals surface area contributed by atoms with Gasteiger partial charge in [0, 0.05) is 7.05 Å². The molecule has 0 saturated heterocycles. The summed E-state index contributed by atoms with van der Waals surface area (Å²) in [7, 11) is 1.02. The van der Waals surface area contributed by atoms with E-state index in [4.69, 9.17) is 0 Å². The fourth-order valence-corrected chi connectivity index (χ4v) is 0.542. The van der Waals surface area contributed by atoms with Gasteiger partial charge in [0.2, 0.25) is 0 Å². The molecule has 0 amide bonds. The molecular formula is C6H8F3NO. The third-order valence-electron chi connectivity index (χ3n) is 1.01. The first kappa shape index (κ1) is 10.1. The number of nitrogens with zero attached hydrogens (tertiary/aromatic N) is 1. The Kier molecular flexibility index (Phi) is 3.22. The van der Waals surface area contributed by atoms with Gasteiger partial charge in [-0.3, -0.25) is 9.79 Å². The predicted octanol–water partition coefficient (Wildman–Crippen LogP) is 1.60. The predicted molar refractivity (Wildman–Crippen MR) is 34.7 cm³/mol. The minimum Gasteiger partial charge on any atom is -0.300 e. The third-order valence-corrected chi connectivity index (χ3v) is 1.01. The lowest BCUT2D eigenvalue weighted by molar-refractivity contribution is -0.117. The summed E-state index contributed by atoms with van der Waals surface area (Å²) in [6, 6.07) is 0. The van der Waals surface area contributed by atoms with Crippen molar-refractivity contribution in [1.29, 1.82) is 0 Å². The quantitative estimate of drug-likeness (QED) is 0.574. The van der Waals surface area contributed by atoms with Crippen LogP contribution in [0, 0.1) is 0 Å². The number of carbonyl (C=O) groups excluding carboxylic acids is 1. The molecule has 0 aliphatic heterocycles. The van der Waals surface area contributed by atoms with E-state index in [1.165, 1.54) is 0 Å². The van der Waals surface area contributed by atoms with E-state index in [1.807, 2.05) is 0 Å². The van der Waals surface area contributed by atoms with Crippen molar-refractivity contribution in [1.82, 2.24) is 0 Å². The Morgan fingerprint density at radius 1 is 1.45 bits per heavy atom. The summed E-state index contributed by atoms with van der Waals surface area (Å²) in [6.45, 7) is 1.09. The van der Waals surface area contributed by atoms with Gasteiger partial charge in [0.25, 0.3) is 0 Å². The van der Waals surface area contributed by atoms with Gasteiger partial charge in [0.05, 0.1) is 6.42 Å². The Morgan fingerprint density at radius 2 is 1.91 bits per heavy atom. The van der Waals surface area contributed by atoms with Gasteiger partial charge in [-0.25, -0.2) is 0 Å². The molecular weight excluding hydrogens is 159 g/mol. The van der Waals surface area contributed by atoms with Gasteiger partial charge < -0.3 is 0 Å². The highest BCUT2D eigenvalue weighted by Crippen LogP contribution is 2.19. The fourth-order valence-electron chi connectivity index (χ4n) is 0.542. The van der Waals surface area contributed by atoms with Crippen molar-refractivity contribution in [2.75, 3.05) is 7.05 Å². The van der Waals surface area contributed by atoms with Crippen molar-refractivity contribution < 1.29 is 18.0 Å². The first-order valence-electron chi connectivity index (χ1n) is 2.90. The molecule has 0 rings (SSSR count). The summed E-state index contributed by atoms with van der Waals surface area (Å²) in [5.41, 5.74) is -1.02. The van der Waals surface area contributed by atoms with Gasteiger partial charge in [-0.05, 0) is 6.92 Å². The molecule has 0 radical (unpaired) electrons. The summed E-state index contributed by atoms with van der Waals surface area (Å²) in [5, 5.41) is 0. The van der Waals surface area contributed by atoms with Crippen LogP contribution in [0.25, 0.3) is 0 Å². The number of hydrogen-bond acceptors (Lipinski definition) is 2. The molecule has 0 spiro atoms. The topological polar surface area (TPSA) is 29.4 Å². The van der Waals surface area contributed by atoms with E-state index in [2.05, 4.69) is 4.99 Å². The second-order valence-corrected chi connectivity index (χ2v) is 2.05. The maximum absolute atomic E-state index is 11.8. The minimum absolute atomic E-state index is 0.539. The van der Waals surface area contributed by atoms with Gasteiger partial charge in [0.1, 0.15) is 11.5 Å². The van der Waals surface area contributed by atoms with Crippen LogP contribution in [0.1, 0.15) is 13.3 Å². The zero-order chi connectivity index (χ0) is 9.07. The Hall–Kier alpha value is -0.870. The molecule has 2 nitrogen and oxygen atoms in total. The molecule has 5 heteroatoms. The van der Waals surface area contributed by atoms with E-state index in [0.717, 1.165) is 14.0 Å². The average molecular weight is 167 g/mol. The summed E-state index contributed by atoms with van der Waals surface area (Å²) >= 11 is 0. The molecule has 0 aromatic rings. The highest BCUT2D eigenvalue weighted by molar-refractivity contribution is 6.03. The smallest absolute Gasteiger partial charge is 0.300 e. The Balaban J connectivity index is 4.33. The van der Waals surface area contributed by atoms with E-state index in [1.54, 1.807) is 0 Å². The van der Waals surface area contributed by atoms with E-state index >= 15 is 0 Å². The molecule has 0 heterocycles. The highest BCUT2D eigenvalue weighted by atomic mass is 19.4. The molecule has 0 aromatic heterocycles. The van der Waals surface area contributed by atoms with Crippen LogP contribution in [-0.4, -0.2) is 24.7 Å². The number of hydrogen-bond donors (Lipinski definition) is 0. The lowest BCUT2D eigenvalue weighted by Gasteiger charge is -2.06. The van der Waals surface area contributed by atoms with Crippen molar-refractivity contribution in [3.8, 4) is 0 Å². The van der Waals surface area contributed by atoms with E-state index in [0.29, 0.717) is 0 Å². The van der Waals surface area contributed by atoms with Gasteiger partial charge in [-0.1, -0.05) is 0 Å². The molecule has 0 aliphatic carbocycles. The molecule has 0 N–H and O–H groups in total. The van der Waals surface area contributed by atoms with Crippen LogP contribution in [0.2, 0.25) is 0 Å². The highest BCUT2D eigenvalue weighted by Gasteiger charge is 2.35. The lowest BCUT2D eigenvalue weighted by atomic mass is 10.2. The van der Waals surface area contributed by atoms with Crippen LogP contribution < -0.4 is 0 Å². The normalized spacial score (nSPS) is 13.4. The van der Waals surface area contributed by atoms with E-state index < -0.39 is 24.1 Å². The Morgan fingerprint density at radius 3 is 2.00 bits per heavy atom. The summed E-state index contributed by atoms with van der Waals surface area (Å²) in [4.78, 5) is 13.2. The zero-order valence-corrected chi connectivity index (χ0v) is 6.20. The van der Waals surface area contributed by atoms with Gasteiger partial charge >= 0.3 is 6.18 Å². The molecule has 64 valence electrons. The van der Waals surface area contributed by atoms with Crippen molar-refractivity contribution in [2.45, 2.75) is 19.5 Å². The number of Topliss-reactive ketones (excluding diaryl/α,β-unsaturated/α-hetero) is 1. The molecule has 0 aliphatic rings. The summed E-state index contributed by atoms with van der Waals surface area (Å²) < 4.78 is 35.4. The molecule has 0 saturated carbocycles. The maximum atomic E-state index is 11.8. The van der Waals surface area contributed by atoms with Crippen LogP contribution in [0.3, 0.4) is 0 Å². The van der Waals surface area contributed by atoms with Crippen LogP contribution in [0.5, 0.6) is 0 Å². The van der Waals surface area contributed by atoms with Crippen molar-refractivity contribution in [2.24, 2.45) is 4.99 Å². The van der Waals surface area contributed by atoms with Gasteiger partial charge in [-0.2, -0.15) is 13.2 Å². The van der Waals surface area contributed by atoms with Crippen LogP contribution in [-0.2, 0) is 4.79 Å². The second kappa shape index (κ2) is 3.50. The standard InChI is InChI=1S/C6H8F3NO/c1-4(11)3-5(10-2)6(7,8)9/h3H2,1-2H3. The minimum atomic E-state index is -4.47. The van der Waals surface area contributed by atoms with E-state index in [9.17, 15) is 18.0 Å². The number of alkyl halides is 3. The van der Waals surface area contributed by atoms with Gasteiger partial charge in [-0.15, -0.1) is 0 Å². The molecule has 0 fully saturated rings. The number of halogens is 3. The maximum Gasteiger partial charge on any atom is 0.429 e. The second-order valence-electron chi connectivity index (χ2n) is 2.05. The Labute approximate surface area is 62.1 Å². The molecule has 0 aromatic carbocycles. The van der Waals surface area contributed by atoms with Crippen molar-refractivity contribution in [3.63, 3.8) is 0 Å². The Bertz CT molecular complexity index is 183. The first-order valence-corrected chi connectivity index (χ1v) is 2.90. The lowest BCUT2D eigenvalue weighted by Crippen LogP contribution is -2.24. The number of aliphatic imine (C=N–C) groups is 1. The average Bonchev–Trinajstić information content (AvgIpc) is 1.79. The molecule has 11 heavy (non-hydrogen) atoms. The number of carbonyl (C=O) groups is 1. The summed E-state index contributed by atoms with van der Waals surface area (Å²) in [6.07, 6.45) is -5.11. The zero-order valence-electron chi connectivity index (χ0n) is 6.20. The van der Waals surface area contributed by atoms with Crippen LogP contribution >= 0.6 is 0 Å². The SMILES string of the molecule is CN=C(CC(C)=O)C(F)(F)F.